The molecule has 3 rings (SSSR count). The highest BCUT2D eigenvalue weighted by Gasteiger charge is 2.26. The summed E-state index contributed by atoms with van der Waals surface area (Å²) in [7, 11) is -3.57. The van der Waals surface area contributed by atoms with Gasteiger partial charge in [0.15, 0.2) is 0 Å². The lowest BCUT2D eigenvalue weighted by Crippen LogP contribution is -2.32. The molecule has 5 nitrogen and oxygen atoms in total. The van der Waals surface area contributed by atoms with Crippen LogP contribution in [0.2, 0.25) is 0 Å². The van der Waals surface area contributed by atoms with E-state index in [1.165, 1.54) is 6.07 Å². The van der Waals surface area contributed by atoms with Crippen LogP contribution < -0.4 is 5.32 Å². The van der Waals surface area contributed by atoms with E-state index in [0.29, 0.717) is 18.7 Å². The fourth-order valence-electron chi connectivity index (χ4n) is 3.45. The van der Waals surface area contributed by atoms with E-state index in [1.54, 1.807) is 22.5 Å². The van der Waals surface area contributed by atoms with Crippen LogP contribution in [-0.2, 0) is 10.0 Å². The summed E-state index contributed by atoms with van der Waals surface area (Å²) < 4.78 is 27.5. The van der Waals surface area contributed by atoms with Gasteiger partial charge in [0.25, 0.3) is 5.91 Å². The lowest BCUT2D eigenvalue weighted by Gasteiger charge is -2.20. The quantitative estimate of drug-likeness (QED) is 0.823. The van der Waals surface area contributed by atoms with Crippen molar-refractivity contribution in [3.63, 3.8) is 0 Å². The number of sulfonamides is 1. The third kappa shape index (κ3) is 4.80. The van der Waals surface area contributed by atoms with E-state index in [1.807, 2.05) is 38.1 Å². The van der Waals surface area contributed by atoms with Gasteiger partial charge in [-0.15, -0.1) is 0 Å². The minimum Gasteiger partial charge on any atom is -0.346 e. The maximum absolute atomic E-state index is 13.0. The number of nitrogens with zero attached hydrogens (tertiary/aromatic N) is 1. The van der Waals surface area contributed by atoms with Crippen molar-refractivity contribution in [1.82, 2.24) is 9.62 Å². The first-order valence-corrected chi connectivity index (χ1v) is 11.3. The van der Waals surface area contributed by atoms with Gasteiger partial charge >= 0.3 is 0 Å². The number of carbonyl (C=O) groups is 1. The summed E-state index contributed by atoms with van der Waals surface area (Å²) in [6.45, 7) is 5.02. The largest absolute Gasteiger partial charge is 0.346 e. The predicted molar refractivity (Wildman–Crippen MR) is 111 cm³/mol. The van der Waals surface area contributed by atoms with Crippen molar-refractivity contribution in [2.24, 2.45) is 0 Å². The average molecular weight is 401 g/mol. The Morgan fingerprint density at radius 3 is 2.29 bits per heavy atom. The molecule has 1 atom stereocenters. The number of nitrogens with one attached hydrogen (secondary N) is 1. The van der Waals surface area contributed by atoms with Crippen molar-refractivity contribution < 1.29 is 13.2 Å². The molecule has 1 amide bonds. The van der Waals surface area contributed by atoms with E-state index < -0.39 is 10.0 Å². The van der Waals surface area contributed by atoms with Crippen molar-refractivity contribution in [1.29, 1.82) is 0 Å². The molecular formula is C22H28N2O3S. The van der Waals surface area contributed by atoms with E-state index >= 15 is 0 Å². The molecule has 1 heterocycles. The monoisotopic (exact) mass is 400 g/mol. The smallest absolute Gasteiger partial charge is 0.251 e. The fraction of sp³-hybridized carbons (Fsp3) is 0.409. The molecule has 2 aromatic carbocycles. The molecule has 150 valence electrons. The van der Waals surface area contributed by atoms with Gasteiger partial charge in [0.05, 0.1) is 10.9 Å². The van der Waals surface area contributed by atoms with E-state index in [0.717, 1.165) is 36.8 Å². The van der Waals surface area contributed by atoms with E-state index in [4.69, 9.17) is 0 Å². The number of hydrogen-bond donors (Lipinski definition) is 1. The highest BCUT2D eigenvalue weighted by molar-refractivity contribution is 7.89. The summed E-state index contributed by atoms with van der Waals surface area (Å²) in [5, 5.41) is 2.95. The molecule has 0 saturated carbocycles. The maximum Gasteiger partial charge on any atom is 0.251 e. The van der Waals surface area contributed by atoms with Crippen LogP contribution in [0.15, 0.2) is 53.4 Å². The second kappa shape index (κ2) is 8.88. The van der Waals surface area contributed by atoms with Gasteiger partial charge in [0, 0.05) is 18.7 Å². The van der Waals surface area contributed by atoms with Crippen LogP contribution in [-0.4, -0.2) is 31.7 Å². The van der Waals surface area contributed by atoms with Crippen molar-refractivity contribution in [3.05, 3.63) is 65.2 Å². The van der Waals surface area contributed by atoms with Crippen molar-refractivity contribution in [2.45, 2.75) is 50.5 Å². The van der Waals surface area contributed by atoms with Crippen LogP contribution in [0.25, 0.3) is 0 Å². The normalized spacial score (nSPS) is 16.9. The molecule has 28 heavy (non-hydrogen) atoms. The van der Waals surface area contributed by atoms with Crippen LogP contribution in [0.5, 0.6) is 0 Å². The van der Waals surface area contributed by atoms with Gasteiger partial charge < -0.3 is 5.32 Å². The Bertz CT molecular complexity index is 915. The van der Waals surface area contributed by atoms with Gasteiger partial charge in [-0.05, 0) is 50.5 Å². The highest BCUT2D eigenvalue weighted by atomic mass is 32.2. The summed E-state index contributed by atoms with van der Waals surface area (Å²) in [6, 6.07) is 14.2. The topological polar surface area (TPSA) is 66.5 Å². The molecule has 0 aliphatic carbocycles. The summed E-state index contributed by atoms with van der Waals surface area (Å²) in [5.41, 5.74) is 2.52. The fourth-order valence-corrected chi connectivity index (χ4v) is 5.01. The highest BCUT2D eigenvalue weighted by Crippen LogP contribution is 2.22. The SMILES string of the molecule is Cc1ccc([C@@H](C)NC(=O)c2cccc(S(=O)(=O)N3CCCCCC3)c2)cc1. The molecule has 6 heteroatoms. The van der Waals surface area contributed by atoms with Crippen LogP contribution >= 0.6 is 0 Å². The van der Waals surface area contributed by atoms with Gasteiger partial charge in [0.1, 0.15) is 0 Å². The standard InChI is InChI=1S/C22H28N2O3S/c1-17-10-12-19(13-11-17)18(2)23-22(25)20-8-7-9-21(16-20)28(26,27)24-14-5-3-4-6-15-24/h7-13,16,18H,3-6,14-15H2,1-2H3,(H,23,25)/t18-/m1/s1. The Kier molecular flexibility index (Phi) is 6.52. The Hall–Kier alpha value is -2.18. The van der Waals surface area contributed by atoms with E-state index in [2.05, 4.69) is 5.32 Å². The van der Waals surface area contributed by atoms with Crippen LogP contribution in [0.4, 0.5) is 0 Å². The molecule has 0 aromatic heterocycles. The third-order valence-electron chi connectivity index (χ3n) is 5.22. The number of aryl methyl sites for hydroxylation is 1. The molecular weight excluding hydrogens is 372 g/mol. The summed E-state index contributed by atoms with van der Waals surface area (Å²) in [6.07, 6.45) is 3.89. The second-order valence-corrected chi connectivity index (χ2v) is 9.39. The Morgan fingerprint density at radius 1 is 1.00 bits per heavy atom. The first kappa shape index (κ1) is 20.6. The number of benzene rings is 2. The zero-order valence-corrected chi connectivity index (χ0v) is 17.3. The zero-order valence-electron chi connectivity index (χ0n) is 16.5. The van der Waals surface area contributed by atoms with E-state index in [-0.39, 0.29) is 16.8 Å². The summed E-state index contributed by atoms with van der Waals surface area (Å²) in [5.74, 6) is -0.277. The molecule has 1 saturated heterocycles. The van der Waals surface area contributed by atoms with Crippen LogP contribution in [0.3, 0.4) is 0 Å². The average Bonchev–Trinajstić information content (AvgIpc) is 2.98. The molecule has 0 radical (unpaired) electrons. The van der Waals surface area contributed by atoms with Gasteiger partial charge in [-0.3, -0.25) is 4.79 Å². The first-order chi connectivity index (χ1) is 13.4. The Morgan fingerprint density at radius 2 is 1.64 bits per heavy atom. The van der Waals surface area contributed by atoms with Crippen molar-refractivity contribution in [2.75, 3.05) is 13.1 Å². The minimum absolute atomic E-state index is 0.168. The number of rotatable bonds is 5. The van der Waals surface area contributed by atoms with Gasteiger partial charge in [0.2, 0.25) is 10.0 Å². The second-order valence-electron chi connectivity index (χ2n) is 7.45. The molecule has 1 N–H and O–H groups in total. The number of amides is 1. The summed E-state index contributed by atoms with van der Waals surface area (Å²) in [4.78, 5) is 12.9. The molecule has 0 unspecified atom stereocenters. The summed E-state index contributed by atoms with van der Waals surface area (Å²) >= 11 is 0. The lowest BCUT2D eigenvalue weighted by atomic mass is 10.1. The minimum atomic E-state index is -3.57. The van der Waals surface area contributed by atoms with Gasteiger partial charge in [-0.2, -0.15) is 4.31 Å². The van der Waals surface area contributed by atoms with Gasteiger partial charge in [-0.1, -0.05) is 48.7 Å². The lowest BCUT2D eigenvalue weighted by molar-refractivity contribution is 0.0939. The molecule has 2 aromatic rings. The Labute approximate surface area is 167 Å². The number of carbonyl (C=O) groups excluding carboxylic acids is 1. The molecule has 0 spiro atoms. The van der Waals surface area contributed by atoms with Gasteiger partial charge in [-0.25, -0.2) is 8.42 Å². The van der Waals surface area contributed by atoms with Crippen LogP contribution in [0, 0.1) is 6.92 Å². The third-order valence-corrected chi connectivity index (χ3v) is 7.12. The van der Waals surface area contributed by atoms with E-state index in [9.17, 15) is 13.2 Å². The molecule has 1 aliphatic rings. The van der Waals surface area contributed by atoms with Crippen molar-refractivity contribution in [3.8, 4) is 0 Å². The van der Waals surface area contributed by atoms with Crippen LogP contribution in [0.1, 0.15) is 60.1 Å². The predicted octanol–water partition coefficient (Wildman–Crippen LogP) is 4.05. The molecule has 1 aliphatic heterocycles. The van der Waals surface area contributed by atoms with Crippen molar-refractivity contribution >= 4 is 15.9 Å². The maximum atomic E-state index is 13.0. The number of hydrogen-bond acceptors (Lipinski definition) is 3. The zero-order chi connectivity index (χ0) is 20.1. The first-order valence-electron chi connectivity index (χ1n) is 9.85. The molecule has 1 fully saturated rings. The Balaban J connectivity index is 1.76. The molecule has 0 bridgehead atoms.